The van der Waals surface area contributed by atoms with Crippen LogP contribution in [0.25, 0.3) is 0 Å². The van der Waals surface area contributed by atoms with Gasteiger partial charge in [-0.05, 0) is 24.6 Å². The number of nitrogens with two attached hydrogens (primary N) is 1. The predicted molar refractivity (Wildman–Crippen MR) is 70.3 cm³/mol. The number of methoxy groups -OCH3 is 1. The lowest BCUT2D eigenvalue weighted by atomic mass is 10.2. The molecule has 0 saturated heterocycles. The average Bonchev–Trinajstić information content (AvgIpc) is 2.32. The third-order valence-electron chi connectivity index (χ3n) is 2.19. The van der Waals surface area contributed by atoms with Gasteiger partial charge in [-0.3, -0.25) is 0 Å². The Kier molecular flexibility index (Phi) is 3.47. The highest BCUT2D eigenvalue weighted by Crippen LogP contribution is 2.25. The second-order valence-electron chi connectivity index (χ2n) is 3.61. The van der Waals surface area contributed by atoms with E-state index in [0.29, 0.717) is 10.7 Å². The van der Waals surface area contributed by atoms with Gasteiger partial charge >= 0.3 is 6.01 Å². The highest BCUT2D eigenvalue weighted by atomic mass is 35.5. The number of hydrogen-bond acceptors (Lipinski definition) is 6. The number of nitrogen functional groups attached to an aromatic ring is 1. The second-order valence-corrected chi connectivity index (χ2v) is 4.02. The summed E-state index contributed by atoms with van der Waals surface area (Å²) in [4.78, 5) is 11.8. The molecule has 0 unspecified atom stereocenters. The van der Waals surface area contributed by atoms with Crippen molar-refractivity contribution in [3.8, 4) is 6.01 Å². The minimum atomic E-state index is 0.0765. The minimum Gasteiger partial charge on any atom is -0.467 e. The van der Waals surface area contributed by atoms with Crippen LogP contribution in [0.5, 0.6) is 6.01 Å². The maximum absolute atomic E-state index is 6.10. The molecule has 1 heterocycles. The van der Waals surface area contributed by atoms with Gasteiger partial charge in [-0.2, -0.15) is 15.0 Å². The van der Waals surface area contributed by atoms with Gasteiger partial charge in [0.2, 0.25) is 11.9 Å². The van der Waals surface area contributed by atoms with Crippen LogP contribution in [0.3, 0.4) is 0 Å². The Morgan fingerprint density at radius 3 is 2.72 bits per heavy atom. The van der Waals surface area contributed by atoms with Crippen molar-refractivity contribution in [2.45, 2.75) is 6.92 Å². The van der Waals surface area contributed by atoms with Crippen molar-refractivity contribution in [3.63, 3.8) is 0 Å². The van der Waals surface area contributed by atoms with Crippen LogP contribution in [-0.2, 0) is 0 Å². The van der Waals surface area contributed by atoms with Crippen LogP contribution in [0.1, 0.15) is 5.56 Å². The smallest absolute Gasteiger partial charge is 0.322 e. The van der Waals surface area contributed by atoms with Crippen molar-refractivity contribution in [2.75, 3.05) is 18.2 Å². The lowest BCUT2D eigenvalue weighted by Crippen LogP contribution is -2.05. The average molecular weight is 266 g/mol. The molecule has 0 amide bonds. The molecular formula is C11H12ClN5O. The van der Waals surface area contributed by atoms with E-state index in [9.17, 15) is 0 Å². The highest BCUT2D eigenvalue weighted by molar-refractivity contribution is 6.33. The van der Waals surface area contributed by atoms with E-state index in [0.717, 1.165) is 5.56 Å². The van der Waals surface area contributed by atoms with Crippen LogP contribution in [0.15, 0.2) is 18.2 Å². The number of ether oxygens (including phenoxy) is 1. The van der Waals surface area contributed by atoms with E-state index < -0.39 is 0 Å². The Bertz CT molecular complexity index is 575. The zero-order valence-electron chi connectivity index (χ0n) is 9.94. The monoisotopic (exact) mass is 265 g/mol. The van der Waals surface area contributed by atoms with Gasteiger partial charge in [0.25, 0.3) is 0 Å². The molecule has 18 heavy (non-hydrogen) atoms. The molecule has 6 nitrogen and oxygen atoms in total. The SMILES string of the molecule is COc1nc(N)nc(Nc2ccc(C)cc2Cl)n1. The summed E-state index contributed by atoms with van der Waals surface area (Å²) >= 11 is 6.10. The molecule has 1 aromatic heterocycles. The van der Waals surface area contributed by atoms with Gasteiger partial charge in [0.1, 0.15) is 0 Å². The third-order valence-corrected chi connectivity index (χ3v) is 2.50. The van der Waals surface area contributed by atoms with Crippen molar-refractivity contribution in [1.82, 2.24) is 15.0 Å². The number of anilines is 3. The number of aromatic nitrogens is 3. The lowest BCUT2D eigenvalue weighted by molar-refractivity contribution is 0.380. The van der Waals surface area contributed by atoms with E-state index >= 15 is 0 Å². The van der Waals surface area contributed by atoms with E-state index in [1.165, 1.54) is 7.11 Å². The first-order valence-electron chi connectivity index (χ1n) is 5.17. The summed E-state index contributed by atoms with van der Waals surface area (Å²) < 4.78 is 4.91. The summed E-state index contributed by atoms with van der Waals surface area (Å²) in [7, 11) is 1.46. The minimum absolute atomic E-state index is 0.0765. The quantitative estimate of drug-likeness (QED) is 0.885. The molecule has 0 fully saturated rings. The van der Waals surface area contributed by atoms with Crippen LogP contribution >= 0.6 is 11.6 Å². The van der Waals surface area contributed by atoms with E-state index in [1.54, 1.807) is 0 Å². The van der Waals surface area contributed by atoms with E-state index in [1.807, 2.05) is 25.1 Å². The Balaban J connectivity index is 2.30. The summed E-state index contributed by atoms with van der Waals surface area (Å²) in [6.45, 7) is 1.96. The second kappa shape index (κ2) is 5.05. The molecular weight excluding hydrogens is 254 g/mol. The molecule has 2 rings (SSSR count). The summed E-state index contributed by atoms with van der Waals surface area (Å²) in [5, 5.41) is 3.54. The first-order valence-corrected chi connectivity index (χ1v) is 5.55. The van der Waals surface area contributed by atoms with E-state index in [4.69, 9.17) is 22.1 Å². The molecule has 1 aromatic carbocycles. The van der Waals surface area contributed by atoms with Gasteiger partial charge in [-0.25, -0.2) is 0 Å². The van der Waals surface area contributed by atoms with Crippen molar-refractivity contribution in [1.29, 1.82) is 0 Å². The lowest BCUT2D eigenvalue weighted by Gasteiger charge is -2.08. The molecule has 0 radical (unpaired) electrons. The van der Waals surface area contributed by atoms with Gasteiger partial charge in [0.05, 0.1) is 17.8 Å². The van der Waals surface area contributed by atoms with Crippen molar-refractivity contribution >= 4 is 29.2 Å². The Labute approximate surface area is 109 Å². The van der Waals surface area contributed by atoms with Crippen LogP contribution in [0.2, 0.25) is 5.02 Å². The number of nitrogens with zero attached hydrogens (tertiary/aromatic N) is 3. The molecule has 0 bridgehead atoms. The predicted octanol–water partition coefficient (Wildman–Crippen LogP) is 2.17. The summed E-state index contributed by atoms with van der Waals surface area (Å²) in [5.74, 6) is 0.359. The van der Waals surface area contributed by atoms with Gasteiger partial charge in [-0.15, -0.1) is 0 Å². The van der Waals surface area contributed by atoms with Gasteiger partial charge in [0.15, 0.2) is 0 Å². The van der Waals surface area contributed by atoms with Gasteiger partial charge < -0.3 is 15.8 Å². The van der Waals surface area contributed by atoms with E-state index in [-0.39, 0.29) is 17.9 Å². The van der Waals surface area contributed by atoms with Gasteiger partial charge in [-0.1, -0.05) is 17.7 Å². The fourth-order valence-electron chi connectivity index (χ4n) is 1.36. The fourth-order valence-corrected chi connectivity index (χ4v) is 1.64. The molecule has 94 valence electrons. The van der Waals surface area contributed by atoms with Crippen LogP contribution < -0.4 is 15.8 Å². The first-order chi connectivity index (χ1) is 8.58. The Hall–Kier alpha value is -2.08. The zero-order valence-corrected chi connectivity index (χ0v) is 10.7. The Morgan fingerprint density at radius 1 is 1.28 bits per heavy atom. The molecule has 0 aliphatic rings. The number of rotatable bonds is 3. The molecule has 0 spiro atoms. The standard InChI is InChI=1S/C11H12ClN5O/c1-6-3-4-8(7(12)5-6)14-10-15-9(13)16-11(17-10)18-2/h3-5H,1-2H3,(H3,13,14,15,16,17). The maximum Gasteiger partial charge on any atom is 0.322 e. The molecule has 2 aromatic rings. The largest absolute Gasteiger partial charge is 0.467 e. The zero-order chi connectivity index (χ0) is 13.1. The molecule has 0 atom stereocenters. The Morgan fingerprint density at radius 2 is 2.06 bits per heavy atom. The molecule has 3 N–H and O–H groups in total. The number of halogens is 1. The molecule has 0 aliphatic carbocycles. The highest BCUT2D eigenvalue weighted by Gasteiger charge is 2.07. The molecule has 7 heteroatoms. The fraction of sp³-hybridized carbons (Fsp3) is 0.182. The molecule has 0 saturated carbocycles. The van der Waals surface area contributed by atoms with Gasteiger partial charge in [0, 0.05) is 0 Å². The topological polar surface area (TPSA) is 86.0 Å². The van der Waals surface area contributed by atoms with Crippen molar-refractivity contribution < 1.29 is 4.74 Å². The van der Waals surface area contributed by atoms with Crippen LogP contribution in [0.4, 0.5) is 17.6 Å². The first kappa shape index (κ1) is 12.4. The maximum atomic E-state index is 6.10. The van der Waals surface area contributed by atoms with Crippen LogP contribution in [0, 0.1) is 6.92 Å². The number of nitrogens with one attached hydrogen (secondary N) is 1. The molecule has 0 aliphatic heterocycles. The van der Waals surface area contributed by atoms with Crippen molar-refractivity contribution in [2.24, 2.45) is 0 Å². The summed E-state index contributed by atoms with van der Waals surface area (Å²) in [6.07, 6.45) is 0. The number of hydrogen-bond donors (Lipinski definition) is 2. The van der Waals surface area contributed by atoms with Crippen LogP contribution in [-0.4, -0.2) is 22.1 Å². The number of aryl methyl sites for hydroxylation is 1. The van der Waals surface area contributed by atoms with Crippen molar-refractivity contribution in [3.05, 3.63) is 28.8 Å². The normalized spacial score (nSPS) is 10.2. The summed E-state index contributed by atoms with van der Waals surface area (Å²) in [5.41, 5.74) is 7.29. The van der Waals surface area contributed by atoms with E-state index in [2.05, 4.69) is 20.3 Å². The number of benzene rings is 1. The third kappa shape index (κ3) is 2.78. The summed E-state index contributed by atoms with van der Waals surface area (Å²) in [6, 6.07) is 5.75.